The summed E-state index contributed by atoms with van der Waals surface area (Å²) in [6.07, 6.45) is 2.38. The van der Waals surface area contributed by atoms with Crippen LogP contribution in [-0.2, 0) is 9.47 Å². The highest BCUT2D eigenvalue weighted by Crippen LogP contribution is 2.26. The second-order valence-electron chi connectivity index (χ2n) is 5.94. The molecule has 0 spiro atoms. The highest BCUT2D eigenvalue weighted by molar-refractivity contribution is 14.1. The zero-order valence-electron chi connectivity index (χ0n) is 12.2. The van der Waals surface area contributed by atoms with E-state index in [1.807, 2.05) is 27.7 Å². The lowest BCUT2D eigenvalue weighted by atomic mass is 9.92. The molecule has 0 aromatic heterocycles. The number of ether oxygens (including phenoxy) is 2. The minimum atomic E-state index is -0.543. The number of amides is 1. The van der Waals surface area contributed by atoms with Gasteiger partial charge < -0.3 is 9.47 Å². The third-order valence-corrected chi connectivity index (χ3v) is 3.10. The van der Waals surface area contributed by atoms with E-state index in [1.54, 1.807) is 0 Å². The fourth-order valence-corrected chi connectivity index (χ4v) is 2.57. The monoisotopic (exact) mass is 372 g/mol. The van der Waals surface area contributed by atoms with E-state index < -0.39 is 11.7 Å². The molecular formula is C13H27INO3+. The molecule has 0 aliphatic heterocycles. The molecule has 1 atom stereocenters. The quantitative estimate of drug-likeness (QED) is 0.405. The maximum atomic E-state index is 10.9. The molecular weight excluding hydrogens is 345 g/mol. The van der Waals surface area contributed by atoms with Gasteiger partial charge in [0, 0.05) is 17.0 Å². The standard InChI is InChI=1S/C13H26INO3/c1-10(14)7-6-8-17-12(2,3)9-13(4,5)18-11(15)16/h10H,6-9H2,1-5H3,(H2,15,16)/p+1. The summed E-state index contributed by atoms with van der Waals surface area (Å²) in [5, 5.41) is 0. The highest BCUT2D eigenvalue weighted by atomic mass is 127. The number of hydrogen-bond acceptors (Lipinski definition) is 3. The molecule has 3 N–H and O–H groups in total. The van der Waals surface area contributed by atoms with Crippen LogP contribution in [0.15, 0.2) is 0 Å². The molecule has 0 saturated heterocycles. The number of halogens is 1. The maximum absolute atomic E-state index is 10.9. The van der Waals surface area contributed by atoms with Crippen LogP contribution in [0.3, 0.4) is 0 Å². The fourth-order valence-electron chi connectivity index (χ4n) is 2.13. The molecule has 0 fully saturated rings. The van der Waals surface area contributed by atoms with Gasteiger partial charge in [0.15, 0.2) is 0 Å². The Hall–Kier alpha value is 0.120. The van der Waals surface area contributed by atoms with E-state index in [2.05, 4.69) is 35.2 Å². The van der Waals surface area contributed by atoms with E-state index in [-0.39, 0.29) is 5.60 Å². The highest BCUT2D eigenvalue weighted by Gasteiger charge is 2.32. The van der Waals surface area contributed by atoms with Gasteiger partial charge in [0.2, 0.25) is 0 Å². The van der Waals surface area contributed by atoms with Crippen LogP contribution in [0.25, 0.3) is 0 Å². The van der Waals surface area contributed by atoms with Gasteiger partial charge in [0.25, 0.3) is 0 Å². The SMILES string of the molecule is CC(I)CCCOC(C)(C)CC(C)(C)OC([NH3+])=O. The van der Waals surface area contributed by atoms with Crippen LogP contribution >= 0.6 is 22.6 Å². The molecule has 0 aliphatic carbocycles. The molecule has 1 amide bonds. The van der Waals surface area contributed by atoms with Gasteiger partial charge in [-0.15, -0.1) is 0 Å². The summed E-state index contributed by atoms with van der Waals surface area (Å²) in [5.74, 6) is 0. The lowest BCUT2D eigenvalue weighted by Gasteiger charge is -2.33. The van der Waals surface area contributed by atoms with Crippen molar-refractivity contribution in [2.75, 3.05) is 6.61 Å². The number of rotatable bonds is 8. The molecule has 0 aliphatic rings. The van der Waals surface area contributed by atoms with Crippen LogP contribution in [0.4, 0.5) is 4.79 Å². The van der Waals surface area contributed by atoms with Crippen molar-refractivity contribution in [2.24, 2.45) is 0 Å². The summed E-state index contributed by atoms with van der Waals surface area (Å²) in [4.78, 5) is 10.9. The molecule has 0 bridgehead atoms. The van der Waals surface area contributed by atoms with Crippen molar-refractivity contribution < 1.29 is 20.0 Å². The smallest absolute Gasteiger partial charge is 0.414 e. The number of alkyl halides is 1. The van der Waals surface area contributed by atoms with Gasteiger partial charge in [0.1, 0.15) is 5.60 Å². The topological polar surface area (TPSA) is 63.2 Å². The van der Waals surface area contributed by atoms with E-state index >= 15 is 0 Å². The van der Waals surface area contributed by atoms with E-state index in [0.717, 1.165) is 19.4 Å². The average Bonchev–Trinajstić information content (AvgIpc) is 2.07. The summed E-state index contributed by atoms with van der Waals surface area (Å²) in [5.41, 5.74) is 2.40. The fraction of sp³-hybridized carbons (Fsp3) is 0.923. The Balaban J connectivity index is 4.09. The first-order chi connectivity index (χ1) is 8.04. The number of quaternary nitrogens is 1. The summed E-state index contributed by atoms with van der Waals surface area (Å²) >= 11 is 2.42. The van der Waals surface area contributed by atoms with Gasteiger partial charge in [-0.25, -0.2) is 0 Å². The van der Waals surface area contributed by atoms with Gasteiger partial charge >= 0.3 is 6.09 Å². The van der Waals surface area contributed by atoms with Crippen molar-refractivity contribution in [2.45, 2.75) is 69.0 Å². The van der Waals surface area contributed by atoms with Gasteiger partial charge in [0.05, 0.1) is 5.60 Å². The molecule has 0 radical (unpaired) electrons. The van der Waals surface area contributed by atoms with Crippen LogP contribution < -0.4 is 5.73 Å². The summed E-state index contributed by atoms with van der Waals surface area (Å²) < 4.78 is 11.7. The lowest BCUT2D eigenvalue weighted by Crippen LogP contribution is -2.60. The molecule has 0 heterocycles. The molecule has 0 aromatic carbocycles. The van der Waals surface area contributed by atoms with Crippen LogP contribution in [0, 0.1) is 0 Å². The third-order valence-electron chi connectivity index (χ3n) is 2.48. The predicted octanol–water partition coefficient (Wildman–Crippen LogP) is 2.93. The Morgan fingerprint density at radius 2 is 1.83 bits per heavy atom. The first-order valence-electron chi connectivity index (χ1n) is 6.37. The number of carbonyl (C=O) groups excluding carboxylic acids is 1. The summed E-state index contributed by atoms with van der Waals surface area (Å²) in [6.45, 7) is 10.8. The van der Waals surface area contributed by atoms with Crippen LogP contribution in [-0.4, -0.2) is 27.8 Å². The molecule has 4 nitrogen and oxygen atoms in total. The molecule has 18 heavy (non-hydrogen) atoms. The number of hydrogen-bond donors (Lipinski definition) is 1. The average molecular weight is 372 g/mol. The Bertz CT molecular complexity index is 265. The van der Waals surface area contributed by atoms with Crippen molar-refractivity contribution in [3.05, 3.63) is 0 Å². The first-order valence-corrected chi connectivity index (χ1v) is 7.62. The lowest BCUT2D eigenvalue weighted by molar-refractivity contribution is -0.295. The third kappa shape index (κ3) is 10.1. The van der Waals surface area contributed by atoms with Crippen molar-refractivity contribution in [3.63, 3.8) is 0 Å². The second kappa shape index (κ2) is 7.65. The Kier molecular flexibility index (Phi) is 7.70. The van der Waals surface area contributed by atoms with Crippen molar-refractivity contribution in [1.29, 1.82) is 0 Å². The molecule has 0 aromatic rings. The van der Waals surface area contributed by atoms with E-state index in [0.29, 0.717) is 10.3 Å². The molecule has 108 valence electrons. The minimum Gasteiger partial charge on any atom is -0.414 e. The van der Waals surface area contributed by atoms with Gasteiger partial charge in [-0.3, -0.25) is 5.73 Å². The van der Waals surface area contributed by atoms with E-state index in [9.17, 15) is 4.79 Å². The van der Waals surface area contributed by atoms with E-state index in [1.165, 1.54) is 0 Å². The summed E-state index contributed by atoms with van der Waals surface area (Å²) in [6, 6.07) is 0. The predicted molar refractivity (Wildman–Crippen MR) is 80.8 cm³/mol. The normalized spacial score (nSPS) is 14.4. The van der Waals surface area contributed by atoms with Crippen molar-refractivity contribution in [1.82, 2.24) is 0 Å². The minimum absolute atomic E-state index is 0.298. The van der Waals surface area contributed by atoms with Crippen LogP contribution in [0.1, 0.15) is 53.9 Å². The first kappa shape index (κ1) is 18.1. The molecule has 1 unspecified atom stereocenters. The zero-order chi connectivity index (χ0) is 14.4. The maximum Gasteiger partial charge on any atom is 0.511 e. The van der Waals surface area contributed by atoms with Crippen molar-refractivity contribution >= 4 is 28.7 Å². The Labute approximate surface area is 124 Å². The Morgan fingerprint density at radius 1 is 1.28 bits per heavy atom. The second-order valence-corrected chi connectivity index (χ2v) is 8.07. The van der Waals surface area contributed by atoms with Crippen molar-refractivity contribution in [3.8, 4) is 0 Å². The van der Waals surface area contributed by atoms with Gasteiger partial charge in [-0.1, -0.05) is 29.5 Å². The zero-order valence-corrected chi connectivity index (χ0v) is 14.4. The van der Waals surface area contributed by atoms with E-state index in [4.69, 9.17) is 9.47 Å². The van der Waals surface area contributed by atoms with Gasteiger partial charge in [-0.2, -0.15) is 4.79 Å². The molecule has 0 saturated carbocycles. The Morgan fingerprint density at radius 3 is 2.28 bits per heavy atom. The number of carbonyl (C=O) groups is 1. The van der Waals surface area contributed by atoms with Crippen LogP contribution in [0.2, 0.25) is 0 Å². The largest absolute Gasteiger partial charge is 0.511 e. The summed E-state index contributed by atoms with van der Waals surface area (Å²) in [7, 11) is 0. The molecule has 5 heteroatoms. The van der Waals surface area contributed by atoms with Gasteiger partial charge in [-0.05, 0) is 40.5 Å². The molecule has 0 rings (SSSR count). The van der Waals surface area contributed by atoms with Crippen LogP contribution in [0.5, 0.6) is 0 Å².